The van der Waals surface area contributed by atoms with E-state index in [1.807, 2.05) is 20.8 Å². The van der Waals surface area contributed by atoms with Gasteiger partial charge in [0.25, 0.3) is 0 Å². The van der Waals surface area contributed by atoms with Crippen LogP contribution in [0.5, 0.6) is 5.75 Å². The summed E-state index contributed by atoms with van der Waals surface area (Å²) in [5.74, 6) is 0.654. The van der Waals surface area contributed by atoms with Crippen LogP contribution >= 0.6 is 0 Å². The van der Waals surface area contributed by atoms with Gasteiger partial charge in [0, 0.05) is 18.9 Å². The Balaban J connectivity index is 2.98. The van der Waals surface area contributed by atoms with Gasteiger partial charge < -0.3 is 14.6 Å². The largest absolute Gasteiger partial charge is 0.489 e. The Kier molecular flexibility index (Phi) is 4.48. The van der Waals surface area contributed by atoms with Gasteiger partial charge >= 0.3 is 0 Å². The normalized spacial score (nSPS) is 16.6. The van der Waals surface area contributed by atoms with Crippen LogP contribution in [0, 0.1) is 0 Å². The van der Waals surface area contributed by atoms with Crippen LogP contribution in [0.25, 0.3) is 0 Å². The van der Waals surface area contributed by atoms with E-state index in [0.717, 1.165) is 0 Å². The first-order valence-electron chi connectivity index (χ1n) is 5.75. The Bertz CT molecular complexity index is 363. The first-order chi connectivity index (χ1) is 7.87. The molecule has 1 aromatic heterocycles. The second-order valence-corrected chi connectivity index (χ2v) is 4.60. The van der Waals surface area contributed by atoms with Crippen LogP contribution < -0.4 is 4.74 Å². The summed E-state index contributed by atoms with van der Waals surface area (Å²) in [7, 11) is 1.57. The van der Waals surface area contributed by atoms with Crippen molar-refractivity contribution >= 4 is 0 Å². The number of hydrogen-bond donors (Lipinski definition) is 1. The van der Waals surface area contributed by atoms with Gasteiger partial charge in [-0.05, 0) is 33.8 Å². The molecule has 0 saturated carbocycles. The second kappa shape index (κ2) is 5.47. The lowest BCUT2D eigenvalue weighted by atomic mass is 9.92. The number of hydrogen-bond acceptors (Lipinski definition) is 4. The number of aromatic nitrogens is 1. The number of pyridine rings is 1. The number of aliphatic hydroxyl groups is 1. The summed E-state index contributed by atoms with van der Waals surface area (Å²) in [5, 5.41) is 10.4. The van der Waals surface area contributed by atoms with Gasteiger partial charge in [0.05, 0.1) is 18.4 Å². The van der Waals surface area contributed by atoms with Crippen LogP contribution in [0.3, 0.4) is 0 Å². The maximum absolute atomic E-state index is 10.4. The minimum Gasteiger partial charge on any atom is -0.489 e. The molecule has 0 aliphatic carbocycles. The van der Waals surface area contributed by atoms with Gasteiger partial charge in [-0.25, -0.2) is 0 Å². The lowest BCUT2D eigenvalue weighted by Gasteiger charge is -2.29. The van der Waals surface area contributed by atoms with Gasteiger partial charge in [-0.1, -0.05) is 0 Å². The van der Waals surface area contributed by atoms with Crippen molar-refractivity contribution in [3.8, 4) is 5.75 Å². The molecule has 1 rings (SSSR count). The molecule has 0 aromatic carbocycles. The Labute approximate surface area is 103 Å². The van der Waals surface area contributed by atoms with Crippen molar-refractivity contribution in [2.75, 3.05) is 7.11 Å². The molecule has 0 aliphatic rings. The third-order valence-electron chi connectivity index (χ3n) is 2.81. The molecule has 0 aliphatic heterocycles. The van der Waals surface area contributed by atoms with Gasteiger partial charge in [0.2, 0.25) is 0 Å². The van der Waals surface area contributed by atoms with Crippen molar-refractivity contribution in [3.63, 3.8) is 0 Å². The third kappa shape index (κ3) is 3.41. The minimum atomic E-state index is -1.09. The number of nitrogens with zero attached hydrogens (tertiary/aromatic N) is 1. The van der Waals surface area contributed by atoms with Crippen molar-refractivity contribution in [2.24, 2.45) is 0 Å². The molecule has 0 saturated heterocycles. The van der Waals surface area contributed by atoms with Crippen LogP contribution in [0.15, 0.2) is 18.5 Å². The topological polar surface area (TPSA) is 51.6 Å². The fourth-order valence-corrected chi connectivity index (χ4v) is 1.50. The highest BCUT2D eigenvalue weighted by Gasteiger charge is 2.31. The third-order valence-corrected chi connectivity index (χ3v) is 2.81. The monoisotopic (exact) mass is 239 g/mol. The maximum Gasteiger partial charge on any atom is 0.138 e. The summed E-state index contributed by atoms with van der Waals surface area (Å²) < 4.78 is 10.7. The van der Waals surface area contributed by atoms with Crippen molar-refractivity contribution in [1.82, 2.24) is 4.98 Å². The Morgan fingerprint density at radius 1 is 1.29 bits per heavy atom. The molecule has 17 heavy (non-hydrogen) atoms. The molecule has 96 valence electrons. The molecule has 1 N–H and O–H groups in total. The zero-order valence-electron chi connectivity index (χ0n) is 11.1. The average Bonchev–Trinajstić information content (AvgIpc) is 2.27. The van der Waals surface area contributed by atoms with E-state index in [-0.39, 0.29) is 12.2 Å². The van der Waals surface area contributed by atoms with Crippen molar-refractivity contribution < 1.29 is 14.6 Å². The van der Waals surface area contributed by atoms with Crippen molar-refractivity contribution in [1.29, 1.82) is 0 Å². The van der Waals surface area contributed by atoms with E-state index in [1.54, 1.807) is 32.5 Å². The van der Waals surface area contributed by atoms with Crippen LogP contribution in [-0.4, -0.2) is 29.4 Å². The maximum atomic E-state index is 10.4. The molecule has 1 aromatic rings. The van der Waals surface area contributed by atoms with Crippen LogP contribution in [-0.2, 0) is 10.3 Å². The van der Waals surface area contributed by atoms with Crippen LogP contribution in [0.1, 0.15) is 33.3 Å². The number of rotatable bonds is 5. The van der Waals surface area contributed by atoms with Crippen molar-refractivity contribution in [3.05, 3.63) is 24.0 Å². The summed E-state index contributed by atoms with van der Waals surface area (Å²) in [4.78, 5) is 4.08. The van der Waals surface area contributed by atoms with Gasteiger partial charge in [-0.2, -0.15) is 0 Å². The zero-order chi connectivity index (χ0) is 13.1. The first-order valence-corrected chi connectivity index (χ1v) is 5.75. The predicted molar refractivity (Wildman–Crippen MR) is 66.0 cm³/mol. The Morgan fingerprint density at radius 3 is 2.47 bits per heavy atom. The van der Waals surface area contributed by atoms with Crippen LogP contribution in [0.2, 0.25) is 0 Å². The van der Waals surface area contributed by atoms with E-state index in [9.17, 15) is 5.11 Å². The predicted octanol–water partition coefficient (Wildman–Crippen LogP) is 2.11. The molecule has 0 fully saturated rings. The summed E-state index contributed by atoms with van der Waals surface area (Å²) >= 11 is 0. The minimum absolute atomic E-state index is 0.0804. The van der Waals surface area contributed by atoms with E-state index < -0.39 is 5.60 Å². The molecule has 0 bridgehead atoms. The van der Waals surface area contributed by atoms with Crippen LogP contribution in [0.4, 0.5) is 0 Å². The van der Waals surface area contributed by atoms with E-state index in [4.69, 9.17) is 9.47 Å². The lowest BCUT2D eigenvalue weighted by Crippen LogP contribution is -2.35. The fraction of sp³-hybridized carbons (Fsp3) is 0.615. The van der Waals surface area contributed by atoms with Gasteiger partial charge in [0.15, 0.2) is 0 Å². The smallest absolute Gasteiger partial charge is 0.138 e. The molecule has 1 heterocycles. The van der Waals surface area contributed by atoms with Crippen molar-refractivity contribution in [2.45, 2.75) is 45.5 Å². The summed E-state index contributed by atoms with van der Waals surface area (Å²) in [6, 6.07) is 1.79. The molecule has 2 atom stereocenters. The molecule has 0 spiro atoms. The SMILES string of the molecule is COC(C)C(C)(O)c1cncc(OC(C)C)c1. The van der Waals surface area contributed by atoms with E-state index in [2.05, 4.69) is 4.98 Å². The summed E-state index contributed by atoms with van der Waals surface area (Å²) in [6.45, 7) is 7.42. The molecule has 0 amide bonds. The van der Waals surface area contributed by atoms with Gasteiger partial charge in [0.1, 0.15) is 11.4 Å². The van der Waals surface area contributed by atoms with E-state index >= 15 is 0 Å². The van der Waals surface area contributed by atoms with Gasteiger partial charge in [-0.15, -0.1) is 0 Å². The molecule has 2 unspecified atom stereocenters. The standard InChI is InChI=1S/C13H21NO3/c1-9(2)17-12-6-11(7-14-8-12)13(4,15)10(3)16-5/h6-10,15H,1-5H3. The molecule has 4 nitrogen and oxygen atoms in total. The van der Waals surface area contributed by atoms with E-state index in [0.29, 0.717) is 11.3 Å². The molecule has 0 radical (unpaired) electrons. The highest BCUT2D eigenvalue weighted by atomic mass is 16.5. The number of methoxy groups -OCH3 is 1. The fourth-order valence-electron chi connectivity index (χ4n) is 1.50. The second-order valence-electron chi connectivity index (χ2n) is 4.60. The lowest BCUT2D eigenvalue weighted by molar-refractivity contribution is -0.0775. The zero-order valence-corrected chi connectivity index (χ0v) is 11.1. The van der Waals surface area contributed by atoms with Gasteiger partial charge in [-0.3, -0.25) is 4.98 Å². The summed E-state index contributed by atoms with van der Waals surface area (Å²) in [5.41, 5.74) is -0.400. The Morgan fingerprint density at radius 2 is 1.94 bits per heavy atom. The van der Waals surface area contributed by atoms with E-state index in [1.165, 1.54) is 0 Å². The highest BCUT2D eigenvalue weighted by molar-refractivity contribution is 5.28. The molecular weight excluding hydrogens is 218 g/mol. The first kappa shape index (κ1) is 13.9. The molecular formula is C13H21NO3. The Hall–Kier alpha value is -1.13. The average molecular weight is 239 g/mol. The molecule has 4 heteroatoms. The summed E-state index contributed by atoms with van der Waals surface area (Å²) in [6.07, 6.45) is 3.02. The number of ether oxygens (including phenoxy) is 2. The quantitative estimate of drug-likeness (QED) is 0.855. The highest BCUT2D eigenvalue weighted by Crippen LogP contribution is 2.28.